The lowest BCUT2D eigenvalue weighted by molar-refractivity contribution is 0.355. The standard InChI is InChI=1S/C20H19N5O4/c1-12-18(22-24-25(12)14-6-8-15(26-2)9-7-14)20-21-19(23-29-20)13-5-10-16(27-3)17(11-13)28-4/h5-11H,1-4H3. The molecule has 2 aromatic carbocycles. The molecule has 9 heteroatoms. The molecule has 0 aliphatic carbocycles. The fourth-order valence-corrected chi connectivity index (χ4v) is 2.91. The van der Waals surface area contributed by atoms with E-state index in [-0.39, 0.29) is 5.89 Å². The first-order valence-electron chi connectivity index (χ1n) is 8.77. The summed E-state index contributed by atoms with van der Waals surface area (Å²) in [5, 5.41) is 12.5. The summed E-state index contributed by atoms with van der Waals surface area (Å²) in [6.45, 7) is 1.89. The minimum atomic E-state index is 0.284. The van der Waals surface area contributed by atoms with Gasteiger partial charge in [0.05, 0.1) is 32.7 Å². The van der Waals surface area contributed by atoms with Crippen LogP contribution >= 0.6 is 0 Å². The van der Waals surface area contributed by atoms with Gasteiger partial charge in [0.2, 0.25) is 5.82 Å². The maximum absolute atomic E-state index is 5.43. The van der Waals surface area contributed by atoms with Crippen LogP contribution in [0.5, 0.6) is 17.2 Å². The topological polar surface area (TPSA) is 97.3 Å². The van der Waals surface area contributed by atoms with E-state index in [4.69, 9.17) is 18.7 Å². The lowest BCUT2D eigenvalue weighted by Crippen LogP contribution is -1.99. The molecule has 4 rings (SSSR count). The molecule has 0 amide bonds. The molecule has 0 bridgehead atoms. The van der Waals surface area contributed by atoms with Crippen LogP contribution in [0.1, 0.15) is 5.69 Å². The molecule has 29 heavy (non-hydrogen) atoms. The summed E-state index contributed by atoms with van der Waals surface area (Å²) in [5.74, 6) is 2.67. The highest BCUT2D eigenvalue weighted by Crippen LogP contribution is 2.32. The second-order valence-electron chi connectivity index (χ2n) is 6.13. The number of methoxy groups -OCH3 is 3. The maximum atomic E-state index is 5.43. The van der Waals surface area contributed by atoms with Crippen molar-refractivity contribution in [3.63, 3.8) is 0 Å². The van der Waals surface area contributed by atoms with Crippen LogP contribution in [0.15, 0.2) is 47.0 Å². The molecule has 0 atom stereocenters. The fourth-order valence-electron chi connectivity index (χ4n) is 2.91. The Bertz CT molecular complexity index is 1130. The molecule has 9 nitrogen and oxygen atoms in total. The molecule has 0 spiro atoms. The van der Waals surface area contributed by atoms with Gasteiger partial charge in [-0.2, -0.15) is 4.98 Å². The first kappa shape index (κ1) is 18.5. The molecule has 0 aliphatic heterocycles. The molecule has 4 aromatic rings. The number of hydrogen-bond acceptors (Lipinski definition) is 8. The molecular formula is C20H19N5O4. The van der Waals surface area contributed by atoms with Gasteiger partial charge in [-0.25, -0.2) is 4.68 Å². The molecule has 148 valence electrons. The zero-order chi connectivity index (χ0) is 20.4. The van der Waals surface area contributed by atoms with Crippen molar-refractivity contribution in [3.8, 4) is 45.9 Å². The van der Waals surface area contributed by atoms with Crippen molar-refractivity contribution in [2.45, 2.75) is 6.92 Å². The van der Waals surface area contributed by atoms with Gasteiger partial charge in [0.25, 0.3) is 5.89 Å². The van der Waals surface area contributed by atoms with E-state index in [9.17, 15) is 0 Å². The van der Waals surface area contributed by atoms with Crippen molar-refractivity contribution in [3.05, 3.63) is 48.2 Å². The predicted octanol–water partition coefficient (Wildman–Crippen LogP) is 3.32. The highest BCUT2D eigenvalue weighted by atomic mass is 16.5. The molecule has 0 saturated heterocycles. The van der Waals surface area contributed by atoms with E-state index >= 15 is 0 Å². The second kappa shape index (κ2) is 7.63. The Hall–Kier alpha value is -3.88. The first-order valence-corrected chi connectivity index (χ1v) is 8.77. The number of aromatic nitrogens is 5. The highest BCUT2D eigenvalue weighted by molar-refractivity contribution is 5.63. The average Bonchev–Trinajstić information content (AvgIpc) is 3.40. The van der Waals surface area contributed by atoms with E-state index in [2.05, 4.69) is 20.5 Å². The van der Waals surface area contributed by atoms with E-state index in [0.29, 0.717) is 23.0 Å². The smallest absolute Gasteiger partial charge is 0.280 e. The summed E-state index contributed by atoms with van der Waals surface area (Å²) in [6, 6.07) is 12.9. The lowest BCUT2D eigenvalue weighted by Gasteiger charge is -2.07. The second-order valence-corrected chi connectivity index (χ2v) is 6.13. The quantitative estimate of drug-likeness (QED) is 0.492. The summed E-state index contributed by atoms with van der Waals surface area (Å²) in [7, 11) is 4.78. The van der Waals surface area contributed by atoms with Crippen LogP contribution < -0.4 is 14.2 Å². The van der Waals surface area contributed by atoms with E-state index in [0.717, 1.165) is 22.7 Å². The van der Waals surface area contributed by atoms with Gasteiger partial charge in [-0.1, -0.05) is 10.4 Å². The van der Waals surface area contributed by atoms with Crippen molar-refractivity contribution in [1.82, 2.24) is 25.1 Å². The van der Waals surface area contributed by atoms with Gasteiger partial charge < -0.3 is 18.7 Å². The van der Waals surface area contributed by atoms with Crippen molar-refractivity contribution in [2.24, 2.45) is 0 Å². The van der Waals surface area contributed by atoms with E-state index in [1.165, 1.54) is 0 Å². The molecule has 0 radical (unpaired) electrons. The van der Waals surface area contributed by atoms with Gasteiger partial charge in [0.15, 0.2) is 17.2 Å². The number of rotatable bonds is 6. The van der Waals surface area contributed by atoms with Gasteiger partial charge in [0.1, 0.15) is 5.75 Å². The third-order valence-corrected chi connectivity index (χ3v) is 4.48. The van der Waals surface area contributed by atoms with Crippen LogP contribution in [0.4, 0.5) is 0 Å². The molecule has 0 fully saturated rings. The van der Waals surface area contributed by atoms with Crippen LogP contribution in [0.3, 0.4) is 0 Å². The Morgan fingerprint density at radius 1 is 0.897 bits per heavy atom. The van der Waals surface area contributed by atoms with Crippen LogP contribution in [-0.4, -0.2) is 46.5 Å². The first-order chi connectivity index (χ1) is 14.1. The number of nitrogens with zero attached hydrogens (tertiary/aromatic N) is 5. The largest absolute Gasteiger partial charge is 0.497 e. The third-order valence-electron chi connectivity index (χ3n) is 4.48. The molecule has 0 aliphatic rings. The van der Waals surface area contributed by atoms with Gasteiger partial charge in [-0.3, -0.25) is 0 Å². The molecule has 0 saturated carbocycles. The van der Waals surface area contributed by atoms with E-state index in [1.54, 1.807) is 38.1 Å². The Kier molecular flexibility index (Phi) is 4.86. The summed E-state index contributed by atoms with van der Waals surface area (Å²) in [5.41, 5.74) is 2.87. The monoisotopic (exact) mass is 393 g/mol. The van der Waals surface area contributed by atoms with Crippen molar-refractivity contribution < 1.29 is 18.7 Å². The predicted molar refractivity (Wildman–Crippen MR) is 104 cm³/mol. The zero-order valence-electron chi connectivity index (χ0n) is 16.4. The number of hydrogen-bond donors (Lipinski definition) is 0. The van der Waals surface area contributed by atoms with Crippen LogP contribution in [0.25, 0.3) is 28.7 Å². The Morgan fingerprint density at radius 3 is 2.34 bits per heavy atom. The normalized spacial score (nSPS) is 10.8. The fraction of sp³-hybridized carbons (Fsp3) is 0.200. The minimum Gasteiger partial charge on any atom is -0.497 e. The van der Waals surface area contributed by atoms with Crippen molar-refractivity contribution >= 4 is 0 Å². The minimum absolute atomic E-state index is 0.284. The highest BCUT2D eigenvalue weighted by Gasteiger charge is 2.19. The van der Waals surface area contributed by atoms with Crippen LogP contribution in [0, 0.1) is 6.92 Å². The molecule has 0 N–H and O–H groups in total. The summed E-state index contributed by atoms with van der Waals surface area (Å²) in [4.78, 5) is 4.47. The molecule has 2 aromatic heterocycles. The summed E-state index contributed by atoms with van der Waals surface area (Å²) in [6.07, 6.45) is 0. The van der Waals surface area contributed by atoms with Gasteiger partial charge in [-0.15, -0.1) is 5.10 Å². The Morgan fingerprint density at radius 2 is 1.66 bits per heavy atom. The Labute approximate surface area is 166 Å². The van der Waals surface area contributed by atoms with Crippen molar-refractivity contribution in [2.75, 3.05) is 21.3 Å². The molecular weight excluding hydrogens is 374 g/mol. The van der Waals surface area contributed by atoms with Gasteiger partial charge in [-0.05, 0) is 49.4 Å². The van der Waals surface area contributed by atoms with Gasteiger partial charge >= 0.3 is 0 Å². The SMILES string of the molecule is COc1ccc(-n2nnc(-c3nc(-c4ccc(OC)c(OC)c4)no3)c2C)cc1. The number of benzene rings is 2. The maximum Gasteiger partial charge on any atom is 0.280 e. The van der Waals surface area contributed by atoms with Crippen molar-refractivity contribution in [1.29, 1.82) is 0 Å². The summed E-state index contributed by atoms with van der Waals surface area (Å²) < 4.78 is 22.9. The lowest BCUT2D eigenvalue weighted by atomic mass is 10.2. The summed E-state index contributed by atoms with van der Waals surface area (Å²) >= 11 is 0. The van der Waals surface area contributed by atoms with Crippen LogP contribution in [0.2, 0.25) is 0 Å². The molecule has 0 unspecified atom stereocenters. The van der Waals surface area contributed by atoms with E-state index < -0.39 is 0 Å². The average molecular weight is 393 g/mol. The van der Waals surface area contributed by atoms with E-state index in [1.807, 2.05) is 37.3 Å². The zero-order valence-corrected chi connectivity index (χ0v) is 16.4. The Balaban J connectivity index is 1.66. The number of ether oxygens (including phenoxy) is 3. The van der Waals surface area contributed by atoms with Crippen LogP contribution in [-0.2, 0) is 0 Å². The molecule has 2 heterocycles. The third kappa shape index (κ3) is 3.38. The van der Waals surface area contributed by atoms with Gasteiger partial charge in [0, 0.05) is 5.56 Å².